The van der Waals surface area contributed by atoms with E-state index in [1.165, 1.54) is 5.56 Å². The van der Waals surface area contributed by atoms with E-state index in [1.807, 2.05) is 43.3 Å². The van der Waals surface area contributed by atoms with Crippen molar-refractivity contribution in [1.29, 1.82) is 5.26 Å². The summed E-state index contributed by atoms with van der Waals surface area (Å²) in [6, 6.07) is 15.5. The van der Waals surface area contributed by atoms with Gasteiger partial charge in [0.15, 0.2) is 5.11 Å². The van der Waals surface area contributed by atoms with Gasteiger partial charge >= 0.3 is 0 Å². The number of fused-ring (bicyclic) bond motifs is 1. The second-order valence-corrected chi connectivity index (χ2v) is 7.18. The Balaban J connectivity index is 1.62. The molecule has 7 heteroatoms. The van der Waals surface area contributed by atoms with Crippen LogP contribution in [0.4, 0.5) is 11.5 Å². The van der Waals surface area contributed by atoms with Gasteiger partial charge in [0.25, 0.3) is 0 Å². The van der Waals surface area contributed by atoms with Crippen LogP contribution in [0, 0.1) is 25.2 Å². The first kappa shape index (κ1) is 19.9. The molecule has 0 saturated carbocycles. The maximum atomic E-state index is 9.45. The number of hydrogen-bond donors (Lipinski definition) is 3. The fourth-order valence-electron chi connectivity index (χ4n) is 2.79. The summed E-state index contributed by atoms with van der Waals surface area (Å²) in [4.78, 5) is 4.68. The molecule has 0 spiro atoms. The second-order valence-electron chi connectivity index (χ2n) is 6.36. The van der Waals surface area contributed by atoms with E-state index in [-0.39, 0.29) is 0 Å². The number of hydrogen-bond acceptors (Lipinski definition) is 4. The molecule has 0 atom stereocenters. The highest BCUT2D eigenvalue weighted by Gasteiger charge is 2.09. The Morgan fingerprint density at radius 1 is 1.18 bits per heavy atom. The molecular weight excluding hydrogens is 390 g/mol. The van der Waals surface area contributed by atoms with Crippen molar-refractivity contribution in [2.75, 3.05) is 23.7 Å². The summed E-state index contributed by atoms with van der Waals surface area (Å²) in [5, 5.41) is 20.9. The van der Waals surface area contributed by atoms with Crippen molar-refractivity contribution in [2.45, 2.75) is 13.8 Å². The molecule has 142 valence electrons. The van der Waals surface area contributed by atoms with Gasteiger partial charge in [-0.1, -0.05) is 35.9 Å². The van der Waals surface area contributed by atoms with Crippen LogP contribution in [0.5, 0.6) is 0 Å². The topological polar surface area (TPSA) is 72.8 Å². The van der Waals surface area contributed by atoms with Crippen LogP contribution in [0.1, 0.15) is 16.7 Å². The highest BCUT2D eigenvalue weighted by Crippen LogP contribution is 2.24. The van der Waals surface area contributed by atoms with Crippen molar-refractivity contribution in [2.24, 2.45) is 0 Å². The molecule has 0 aliphatic carbocycles. The number of aryl methyl sites for hydroxylation is 2. The number of nitriles is 1. The lowest BCUT2D eigenvalue weighted by molar-refractivity contribution is 0.911. The summed E-state index contributed by atoms with van der Waals surface area (Å²) in [7, 11) is 0. The van der Waals surface area contributed by atoms with Crippen LogP contribution in [-0.2, 0) is 0 Å². The molecular formula is C21H20ClN5S. The van der Waals surface area contributed by atoms with Crippen molar-refractivity contribution < 1.29 is 0 Å². The van der Waals surface area contributed by atoms with E-state index in [9.17, 15) is 5.26 Å². The van der Waals surface area contributed by atoms with Gasteiger partial charge in [-0.15, -0.1) is 0 Å². The fourth-order valence-corrected chi connectivity index (χ4v) is 3.18. The van der Waals surface area contributed by atoms with Gasteiger partial charge in [0.1, 0.15) is 11.9 Å². The predicted octanol–water partition coefficient (Wildman–Crippen LogP) is 4.78. The van der Waals surface area contributed by atoms with Crippen molar-refractivity contribution in [3.63, 3.8) is 0 Å². The Labute approximate surface area is 174 Å². The molecule has 0 bridgehead atoms. The van der Waals surface area contributed by atoms with Gasteiger partial charge in [0.2, 0.25) is 0 Å². The van der Waals surface area contributed by atoms with Crippen LogP contribution < -0.4 is 16.0 Å². The number of nitrogens with one attached hydrogen (secondary N) is 3. The molecule has 0 aliphatic heterocycles. The second kappa shape index (κ2) is 8.87. The first-order valence-corrected chi connectivity index (χ1v) is 9.62. The van der Waals surface area contributed by atoms with Crippen LogP contribution in [-0.4, -0.2) is 23.2 Å². The Morgan fingerprint density at radius 2 is 1.96 bits per heavy atom. The highest BCUT2D eigenvalue weighted by atomic mass is 35.5. The minimum absolute atomic E-state index is 0.480. The molecule has 28 heavy (non-hydrogen) atoms. The minimum Gasteiger partial charge on any atom is -0.367 e. The van der Waals surface area contributed by atoms with Crippen molar-refractivity contribution >= 4 is 51.3 Å². The lowest BCUT2D eigenvalue weighted by Gasteiger charge is -2.13. The van der Waals surface area contributed by atoms with Crippen LogP contribution in [0.2, 0.25) is 5.02 Å². The quantitative estimate of drug-likeness (QED) is 0.416. The van der Waals surface area contributed by atoms with Gasteiger partial charge in [0, 0.05) is 18.5 Å². The molecule has 5 nitrogen and oxygen atoms in total. The third-order valence-corrected chi connectivity index (χ3v) is 5.03. The van der Waals surface area contributed by atoms with E-state index in [1.54, 1.807) is 6.07 Å². The number of benzene rings is 2. The lowest BCUT2D eigenvalue weighted by Crippen LogP contribution is -2.32. The summed E-state index contributed by atoms with van der Waals surface area (Å²) in [5.74, 6) is 0.579. The summed E-state index contributed by atoms with van der Waals surface area (Å²) < 4.78 is 0. The Morgan fingerprint density at radius 3 is 2.71 bits per heavy atom. The molecule has 1 aromatic heterocycles. The summed E-state index contributed by atoms with van der Waals surface area (Å²) in [6.45, 7) is 5.22. The van der Waals surface area contributed by atoms with E-state index in [2.05, 4.69) is 33.9 Å². The van der Waals surface area contributed by atoms with Gasteiger partial charge < -0.3 is 16.0 Å². The first-order valence-electron chi connectivity index (χ1n) is 8.84. The number of para-hydroxylation sites is 1. The van der Waals surface area contributed by atoms with Gasteiger partial charge in [-0.25, -0.2) is 4.98 Å². The first-order chi connectivity index (χ1) is 13.5. The van der Waals surface area contributed by atoms with Gasteiger partial charge in [-0.2, -0.15) is 5.26 Å². The number of anilines is 2. The summed E-state index contributed by atoms with van der Waals surface area (Å²) >= 11 is 11.4. The molecule has 3 rings (SSSR count). The van der Waals surface area contributed by atoms with E-state index in [4.69, 9.17) is 23.8 Å². The van der Waals surface area contributed by atoms with E-state index in [0.29, 0.717) is 34.6 Å². The van der Waals surface area contributed by atoms with Gasteiger partial charge in [-0.3, -0.25) is 0 Å². The largest absolute Gasteiger partial charge is 0.367 e. The molecule has 0 saturated heterocycles. The van der Waals surface area contributed by atoms with Crippen LogP contribution in [0.3, 0.4) is 0 Å². The standard InChI is InChI=1S/C21H20ClN5S/c1-13-7-8-15-11-16(12-23)20(27-19(15)14(13)2)24-9-10-25-21(28)26-18-6-4-3-5-17(18)22/h3-8,11H,9-10H2,1-2H3,(H,24,27)(H2,25,26,28). The lowest BCUT2D eigenvalue weighted by atomic mass is 10.0. The highest BCUT2D eigenvalue weighted by molar-refractivity contribution is 7.80. The Kier molecular flexibility index (Phi) is 6.30. The number of aromatic nitrogens is 1. The van der Waals surface area contributed by atoms with Crippen LogP contribution in [0.15, 0.2) is 42.5 Å². The zero-order chi connectivity index (χ0) is 20.1. The molecule has 2 aromatic carbocycles. The number of rotatable bonds is 5. The summed E-state index contributed by atoms with van der Waals surface area (Å²) in [5.41, 5.74) is 4.47. The van der Waals surface area contributed by atoms with Crippen molar-refractivity contribution in [1.82, 2.24) is 10.3 Å². The number of thiocarbonyl (C=S) groups is 1. The zero-order valence-electron chi connectivity index (χ0n) is 15.6. The van der Waals surface area contributed by atoms with Gasteiger partial charge in [-0.05, 0) is 55.4 Å². The van der Waals surface area contributed by atoms with Crippen LogP contribution >= 0.6 is 23.8 Å². The average molecular weight is 410 g/mol. The molecule has 3 aromatic rings. The van der Waals surface area contributed by atoms with Gasteiger partial charge in [0.05, 0.1) is 21.8 Å². The number of pyridine rings is 1. The smallest absolute Gasteiger partial charge is 0.170 e. The normalized spacial score (nSPS) is 10.4. The molecule has 0 fully saturated rings. The SMILES string of the molecule is Cc1ccc2cc(C#N)c(NCCNC(=S)Nc3ccccc3Cl)nc2c1C. The predicted molar refractivity (Wildman–Crippen MR) is 120 cm³/mol. The minimum atomic E-state index is 0.480. The molecule has 0 amide bonds. The average Bonchev–Trinajstić information content (AvgIpc) is 2.69. The zero-order valence-corrected chi connectivity index (χ0v) is 17.2. The molecule has 0 unspecified atom stereocenters. The number of nitrogens with zero attached hydrogens (tertiary/aromatic N) is 2. The Bertz CT molecular complexity index is 1070. The third-order valence-electron chi connectivity index (χ3n) is 4.46. The fraction of sp³-hybridized carbons (Fsp3) is 0.190. The maximum Gasteiger partial charge on any atom is 0.170 e. The molecule has 1 heterocycles. The van der Waals surface area contributed by atoms with E-state index < -0.39 is 0 Å². The monoisotopic (exact) mass is 409 g/mol. The van der Waals surface area contributed by atoms with E-state index in [0.717, 1.165) is 22.2 Å². The molecule has 3 N–H and O–H groups in total. The maximum absolute atomic E-state index is 9.45. The molecule has 0 aliphatic rings. The third kappa shape index (κ3) is 4.50. The molecule has 0 radical (unpaired) electrons. The van der Waals surface area contributed by atoms with Crippen molar-refractivity contribution in [3.8, 4) is 6.07 Å². The number of halogens is 1. The van der Waals surface area contributed by atoms with Crippen molar-refractivity contribution in [3.05, 3.63) is 64.2 Å². The van der Waals surface area contributed by atoms with E-state index >= 15 is 0 Å². The summed E-state index contributed by atoms with van der Waals surface area (Å²) in [6.07, 6.45) is 0. The van der Waals surface area contributed by atoms with Crippen LogP contribution in [0.25, 0.3) is 10.9 Å². The Hall–Kier alpha value is -2.88.